The average molecular weight is 246 g/mol. The molecular formula is C14H18N2O2. The maximum absolute atomic E-state index is 11.1. The number of carboxylic acid groups (broad SMARTS) is 1. The predicted molar refractivity (Wildman–Crippen MR) is 70.8 cm³/mol. The number of rotatable bonds is 5. The van der Waals surface area contributed by atoms with E-state index in [1.54, 1.807) is 18.5 Å². The summed E-state index contributed by atoms with van der Waals surface area (Å²) in [4.78, 5) is 15.3. The molecule has 0 aliphatic rings. The summed E-state index contributed by atoms with van der Waals surface area (Å²) in [5.41, 5.74) is 1.75. The van der Waals surface area contributed by atoms with Crippen LogP contribution in [0.15, 0.2) is 24.5 Å². The number of hydrogen-bond donors (Lipinski definition) is 1. The summed E-state index contributed by atoms with van der Waals surface area (Å²) < 4.78 is 2.03. The lowest BCUT2D eigenvalue weighted by Crippen LogP contribution is -2.00. The first kappa shape index (κ1) is 12.6. The van der Waals surface area contributed by atoms with Gasteiger partial charge in [0.1, 0.15) is 5.52 Å². The van der Waals surface area contributed by atoms with Gasteiger partial charge in [-0.3, -0.25) is 0 Å². The highest BCUT2D eigenvalue weighted by molar-refractivity contribution is 6.00. The summed E-state index contributed by atoms with van der Waals surface area (Å²) in [6, 6.07) is 5.28. The van der Waals surface area contributed by atoms with Gasteiger partial charge in [-0.25, -0.2) is 9.78 Å². The number of carboxylic acids is 1. The number of benzene rings is 1. The van der Waals surface area contributed by atoms with E-state index in [1.807, 2.05) is 10.6 Å². The summed E-state index contributed by atoms with van der Waals surface area (Å²) in [6.07, 6.45) is 3.98. The van der Waals surface area contributed by atoms with Crippen LogP contribution < -0.4 is 0 Å². The topological polar surface area (TPSA) is 55.1 Å². The molecule has 0 atom stereocenters. The largest absolute Gasteiger partial charge is 0.478 e. The molecule has 1 aromatic carbocycles. The number of aromatic nitrogens is 2. The Balaban J connectivity index is 2.26. The van der Waals surface area contributed by atoms with E-state index in [0.717, 1.165) is 24.9 Å². The van der Waals surface area contributed by atoms with Crippen molar-refractivity contribution < 1.29 is 9.90 Å². The second-order valence-electron chi connectivity index (χ2n) is 4.95. The molecule has 0 fully saturated rings. The summed E-state index contributed by atoms with van der Waals surface area (Å²) in [6.45, 7) is 5.29. The van der Waals surface area contributed by atoms with Crippen molar-refractivity contribution in [1.29, 1.82) is 0 Å². The molecule has 4 nitrogen and oxygen atoms in total. The lowest BCUT2D eigenvalue weighted by atomic mass is 10.1. The Bertz CT molecular complexity index is 558. The van der Waals surface area contributed by atoms with E-state index in [1.165, 1.54) is 0 Å². The van der Waals surface area contributed by atoms with Crippen LogP contribution >= 0.6 is 0 Å². The number of hydrogen-bond acceptors (Lipinski definition) is 2. The molecule has 0 saturated carbocycles. The van der Waals surface area contributed by atoms with Crippen molar-refractivity contribution in [2.24, 2.45) is 5.92 Å². The molecule has 0 spiro atoms. The molecule has 18 heavy (non-hydrogen) atoms. The van der Waals surface area contributed by atoms with Gasteiger partial charge in [0.2, 0.25) is 0 Å². The highest BCUT2D eigenvalue weighted by Crippen LogP contribution is 2.18. The maximum atomic E-state index is 11.1. The molecule has 0 aliphatic heterocycles. The molecule has 0 saturated heterocycles. The third-order valence-electron chi connectivity index (χ3n) is 3.06. The normalized spacial score (nSPS) is 11.3. The number of aromatic carboxylic acids is 1. The summed E-state index contributed by atoms with van der Waals surface area (Å²) >= 11 is 0. The number of carbonyl (C=O) groups is 1. The summed E-state index contributed by atoms with van der Waals surface area (Å²) in [5.74, 6) is -0.234. The Hall–Kier alpha value is -1.84. The molecule has 4 heteroatoms. The van der Waals surface area contributed by atoms with Crippen molar-refractivity contribution in [3.63, 3.8) is 0 Å². The first-order chi connectivity index (χ1) is 8.59. The van der Waals surface area contributed by atoms with Gasteiger partial charge in [-0.05, 0) is 30.9 Å². The van der Waals surface area contributed by atoms with Crippen molar-refractivity contribution in [3.05, 3.63) is 30.1 Å². The SMILES string of the molecule is CC(C)CCCn1cnc2c(C(=O)O)cccc21. The Kier molecular flexibility index (Phi) is 3.65. The van der Waals surface area contributed by atoms with Gasteiger partial charge in [-0.2, -0.15) is 0 Å². The number of para-hydroxylation sites is 1. The van der Waals surface area contributed by atoms with Gasteiger partial charge >= 0.3 is 5.97 Å². The first-order valence-electron chi connectivity index (χ1n) is 6.26. The highest BCUT2D eigenvalue weighted by atomic mass is 16.4. The van der Waals surface area contributed by atoms with E-state index in [4.69, 9.17) is 5.11 Å². The van der Waals surface area contributed by atoms with Crippen molar-refractivity contribution in [2.75, 3.05) is 0 Å². The fourth-order valence-corrected chi connectivity index (χ4v) is 2.11. The number of fused-ring (bicyclic) bond motifs is 1. The molecule has 0 amide bonds. The van der Waals surface area contributed by atoms with Gasteiger partial charge < -0.3 is 9.67 Å². The lowest BCUT2D eigenvalue weighted by Gasteiger charge is -2.06. The van der Waals surface area contributed by atoms with Gasteiger partial charge in [-0.15, -0.1) is 0 Å². The zero-order chi connectivity index (χ0) is 13.1. The van der Waals surface area contributed by atoms with E-state index in [-0.39, 0.29) is 5.56 Å². The van der Waals surface area contributed by atoms with Crippen molar-refractivity contribution in [1.82, 2.24) is 9.55 Å². The average Bonchev–Trinajstić information content (AvgIpc) is 2.72. The third-order valence-corrected chi connectivity index (χ3v) is 3.06. The quantitative estimate of drug-likeness (QED) is 0.881. The summed E-state index contributed by atoms with van der Waals surface area (Å²) in [7, 11) is 0. The Labute approximate surface area is 106 Å². The van der Waals surface area contributed by atoms with E-state index >= 15 is 0 Å². The molecule has 1 heterocycles. The van der Waals surface area contributed by atoms with Crippen LogP contribution in [-0.4, -0.2) is 20.6 Å². The standard InChI is InChI=1S/C14H18N2O2/c1-10(2)5-4-8-16-9-15-13-11(14(17)18)6-3-7-12(13)16/h3,6-7,9-10H,4-5,8H2,1-2H3,(H,17,18). The molecule has 2 aromatic rings. The van der Waals surface area contributed by atoms with Gasteiger partial charge in [0.25, 0.3) is 0 Å². The van der Waals surface area contributed by atoms with E-state index in [0.29, 0.717) is 11.4 Å². The van der Waals surface area contributed by atoms with Crippen LogP contribution in [0.4, 0.5) is 0 Å². The van der Waals surface area contributed by atoms with E-state index in [9.17, 15) is 4.79 Å². The minimum atomic E-state index is -0.923. The van der Waals surface area contributed by atoms with Gasteiger partial charge in [-0.1, -0.05) is 19.9 Å². The van der Waals surface area contributed by atoms with Gasteiger partial charge in [0.15, 0.2) is 0 Å². The Morgan fingerprint density at radius 2 is 2.22 bits per heavy atom. The molecule has 0 bridgehead atoms. The molecule has 1 aromatic heterocycles. The molecule has 0 aliphatic carbocycles. The van der Waals surface area contributed by atoms with Gasteiger partial charge in [0.05, 0.1) is 17.4 Å². The minimum absolute atomic E-state index is 0.273. The van der Waals surface area contributed by atoms with E-state index in [2.05, 4.69) is 18.8 Å². The van der Waals surface area contributed by atoms with Crippen LogP contribution in [-0.2, 0) is 6.54 Å². The fourth-order valence-electron chi connectivity index (χ4n) is 2.11. The smallest absolute Gasteiger partial charge is 0.337 e. The van der Waals surface area contributed by atoms with Crippen LogP contribution in [0, 0.1) is 5.92 Å². The number of nitrogens with zero attached hydrogens (tertiary/aromatic N) is 2. The minimum Gasteiger partial charge on any atom is -0.478 e. The second kappa shape index (κ2) is 5.21. The fraction of sp³-hybridized carbons (Fsp3) is 0.429. The van der Waals surface area contributed by atoms with Crippen LogP contribution in [0.2, 0.25) is 0 Å². The lowest BCUT2D eigenvalue weighted by molar-refractivity contribution is 0.0699. The van der Waals surface area contributed by atoms with Crippen molar-refractivity contribution >= 4 is 17.0 Å². The van der Waals surface area contributed by atoms with Crippen LogP contribution in [0.25, 0.3) is 11.0 Å². The molecule has 0 radical (unpaired) electrons. The molecular weight excluding hydrogens is 228 g/mol. The highest BCUT2D eigenvalue weighted by Gasteiger charge is 2.11. The molecule has 96 valence electrons. The zero-order valence-corrected chi connectivity index (χ0v) is 10.8. The Morgan fingerprint density at radius 3 is 2.89 bits per heavy atom. The zero-order valence-electron chi connectivity index (χ0n) is 10.8. The molecule has 0 unspecified atom stereocenters. The van der Waals surface area contributed by atoms with Crippen molar-refractivity contribution in [3.8, 4) is 0 Å². The molecule has 1 N–H and O–H groups in total. The van der Waals surface area contributed by atoms with Crippen LogP contribution in [0.1, 0.15) is 37.0 Å². The van der Waals surface area contributed by atoms with Crippen LogP contribution in [0.3, 0.4) is 0 Å². The van der Waals surface area contributed by atoms with E-state index < -0.39 is 5.97 Å². The number of imidazole rings is 1. The monoisotopic (exact) mass is 246 g/mol. The molecule has 2 rings (SSSR count). The third kappa shape index (κ3) is 2.53. The second-order valence-corrected chi connectivity index (χ2v) is 4.95. The summed E-state index contributed by atoms with van der Waals surface area (Å²) in [5, 5.41) is 9.09. The first-order valence-corrected chi connectivity index (χ1v) is 6.26. The van der Waals surface area contributed by atoms with Crippen LogP contribution in [0.5, 0.6) is 0 Å². The predicted octanol–water partition coefficient (Wildman–Crippen LogP) is 3.17. The van der Waals surface area contributed by atoms with Gasteiger partial charge in [0, 0.05) is 6.54 Å². The maximum Gasteiger partial charge on any atom is 0.337 e. The number of aryl methyl sites for hydroxylation is 1. The Morgan fingerprint density at radius 1 is 1.44 bits per heavy atom. The van der Waals surface area contributed by atoms with Crippen molar-refractivity contribution in [2.45, 2.75) is 33.2 Å².